The van der Waals surface area contributed by atoms with Crippen LogP contribution in [0.2, 0.25) is 0 Å². The summed E-state index contributed by atoms with van der Waals surface area (Å²) in [7, 11) is -2.11. The van der Waals surface area contributed by atoms with E-state index in [1.165, 1.54) is 11.4 Å². The molecule has 1 atom stereocenters. The van der Waals surface area contributed by atoms with Gasteiger partial charge in [0, 0.05) is 25.6 Å². The van der Waals surface area contributed by atoms with Crippen LogP contribution < -0.4 is 14.4 Å². The summed E-state index contributed by atoms with van der Waals surface area (Å²) < 4.78 is 31.6. The Hall–Kier alpha value is -3.07. The quantitative estimate of drug-likeness (QED) is 0.453. The molecule has 0 aliphatic rings. The van der Waals surface area contributed by atoms with Gasteiger partial charge in [-0.2, -0.15) is 0 Å². The van der Waals surface area contributed by atoms with E-state index in [0.717, 1.165) is 11.8 Å². The highest BCUT2D eigenvalue weighted by Gasteiger charge is 2.27. The van der Waals surface area contributed by atoms with E-state index < -0.39 is 16.1 Å². The van der Waals surface area contributed by atoms with Crippen LogP contribution >= 0.6 is 0 Å². The molecule has 1 unspecified atom stereocenters. The number of rotatable bonds is 13. The minimum atomic E-state index is -3.59. The van der Waals surface area contributed by atoms with E-state index in [1.807, 2.05) is 44.2 Å². The molecule has 192 valence electrons. The fraction of sp³-hybridized carbons (Fsp3) is 0.462. The average Bonchev–Trinajstić information content (AvgIpc) is 2.81. The topological polar surface area (TPSA) is 96.0 Å². The second-order valence-electron chi connectivity index (χ2n) is 8.77. The Bertz CT molecular complexity index is 1070. The van der Waals surface area contributed by atoms with Crippen LogP contribution in [0.25, 0.3) is 0 Å². The van der Waals surface area contributed by atoms with Crippen molar-refractivity contribution in [3.63, 3.8) is 0 Å². The molecule has 2 amide bonds. The Morgan fingerprint density at radius 3 is 2.20 bits per heavy atom. The molecule has 0 radical (unpaired) electrons. The maximum atomic E-state index is 13.2. The Kier molecular flexibility index (Phi) is 10.6. The molecule has 2 aromatic carbocycles. The molecule has 35 heavy (non-hydrogen) atoms. The molecule has 0 saturated heterocycles. The smallest absolute Gasteiger partial charge is 0.242 e. The first-order valence-electron chi connectivity index (χ1n) is 11.8. The lowest BCUT2D eigenvalue weighted by Crippen LogP contribution is -2.50. The molecule has 0 saturated carbocycles. The van der Waals surface area contributed by atoms with Crippen molar-refractivity contribution in [3.05, 3.63) is 60.2 Å². The van der Waals surface area contributed by atoms with Crippen LogP contribution in [0, 0.1) is 0 Å². The standard InChI is InChI=1S/C26H37N3O5S/c1-20(2)27-26(31)21(3)28(19-17-22-12-7-6-8-13-22)25(30)16-11-18-29(35(5,32)33)23-14-9-10-15-24(23)34-4/h6-10,12-15,20-21H,11,16-19H2,1-5H3,(H,27,31). The van der Waals surface area contributed by atoms with E-state index >= 15 is 0 Å². The largest absolute Gasteiger partial charge is 0.495 e. The predicted molar refractivity (Wildman–Crippen MR) is 139 cm³/mol. The number of nitrogens with one attached hydrogen (secondary N) is 1. The normalized spacial score (nSPS) is 12.2. The second-order valence-corrected chi connectivity index (χ2v) is 10.7. The van der Waals surface area contributed by atoms with Crippen LogP contribution in [-0.4, -0.2) is 63.7 Å². The highest BCUT2D eigenvalue weighted by atomic mass is 32.2. The van der Waals surface area contributed by atoms with E-state index in [2.05, 4.69) is 5.32 Å². The number of anilines is 1. The molecular formula is C26H37N3O5S. The molecule has 0 spiro atoms. The van der Waals surface area contributed by atoms with Crippen molar-refractivity contribution in [3.8, 4) is 5.75 Å². The molecule has 2 rings (SSSR count). The Labute approximate surface area is 209 Å². The van der Waals surface area contributed by atoms with Crippen molar-refractivity contribution in [1.82, 2.24) is 10.2 Å². The van der Waals surface area contributed by atoms with Crippen molar-refractivity contribution in [2.75, 3.05) is 30.8 Å². The van der Waals surface area contributed by atoms with Crippen LogP contribution in [-0.2, 0) is 26.0 Å². The summed E-state index contributed by atoms with van der Waals surface area (Å²) in [5.74, 6) is 0.0294. The lowest BCUT2D eigenvalue weighted by atomic mass is 10.1. The number of amides is 2. The Morgan fingerprint density at radius 1 is 0.971 bits per heavy atom. The van der Waals surface area contributed by atoms with Crippen molar-refractivity contribution in [2.24, 2.45) is 0 Å². The maximum absolute atomic E-state index is 13.2. The molecule has 0 aromatic heterocycles. The predicted octanol–water partition coefficient (Wildman–Crippen LogP) is 3.23. The van der Waals surface area contributed by atoms with E-state index in [1.54, 1.807) is 36.1 Å². The van der Waals surface area contributed by atoms with Gasteiger partial charge in [-0.3, -0.25) is 13.9 Å². The first-order valence-corrected chi connectivity index (χ1v) is 13.6. The van der Waals surface area contributed by atoms with Crippen LogP contribution in [0.1, 0.15) is 39.2 Å². The SMILES string of the molecule is COc1ccccc1N(CCCC(=O)N(CCc1ccccc1)C(C)C(=O)NC(C)C)S(C)(=O)=O. The molecule has 0 fully saturated rings. The minimum Gasteiger partial charge on any atom is -0.495 e. The van der Waals surface area contributed by atoms with E-state index in [4.69, 9.17) is 4.74 Å². The molecule has 9 heteroatoms. The van der Waals surface area contributed by atoms with E-state index in [-0.39, 0.29) is 30.8 Å². The summed E-state index contributed by atoms with van der Waals surface area (Å²) in [6.07, 6.45) is 2.15. The van der Waals surface area contributed by atoms with Gasteiger partial charge in [0.05, 0.1) is 19.1 Å². The van der Waals surface area contributed by atoms with Gasteiger partial charge in [0.1, 0.15) is 11.8 Å². The summed E-state index contributed by atoms with van der Waals surface area (Å²) in [5, 5.41) is 2.87. The zero-order chi connectivity index (χ0) is 26.0. The summed E-state index contributed by atoms with van der Waals surface area (Å²) in [6.45, 7) is 5.97. The molecule has 0 aliphatic carbocycles. The molecule has 0 aliphatic heterocycles. The van der Waals surface area contributed by atoms with Gasteiger partial charge in [-0.05, 0) is 51.3 Å². The van der Waals surface area contributed by atoms with Crippen molar-refractivity contribution < 1.29 is 22.7 Å². The van der Waals surface area contributed by atoms with Crippen LogP contribution in [0.4, 0.5) is 5.69 Å². The first-order chi connectivity index (χ1) is 16.5. The third-order valence-electron chi connectivity index (χ3n) is 5.59. The Morgan fingerprint density at radius 2 is 1.60 bits per heavy atom. The fourth-order valence-electron chi connectivity index (χ4n) is 3.79. The van der Waals surface area contributed by atoms with Gasteiger partial charge in [-0.15, -0.1) is 0 Å². The molecule has 0 bridgehead atoms. The van der Waals surface area contributed by atoms with Gasteiger partial charge in [-0.1, -0.05) is 42.5 Å². The Balaban J connectivity index is 2.13. The number of ether oxygens (including phenoxy) is 1. The number of hydrogen-bond donors (Lipinski definition) is 1. The van der Waals surface area contributed by atoms with E-state index in [0.29, 0.717) is 30.8 Å². The molecule has 8 nitrogen and oxygen atoms in total. The van der Waals surface area contributed by atoms with E-state index in [9.17, 15) is 18.0 Å². The van der Waals surface area contributed by atoms with Gasteiger partial charge in [-0.25, -0.2) is 8.42 Å². The highest BCUT2D eigenvalue weighted by molar-refractivity contribution is 7.92. The molecule has 0 heterocycles. The third kappa shape index (κ3) is 8.58. The second kappa shape index (κ2) is 13.1. The molecule has 2 aromatic rings. The summed E-state index contributed by atoms with van der Waals surface area (Å²) in [5.41, 5.74) is 1.50. The lowest BCUT2D eigenvalue weighted by molar-refractivity contribution is -0.140. The van der Waals surface area contributed by atoms with Gasteiger partial charge >= 0.3 is 0 Å². The zero-order valence-corrected chi connectivity index (χ0v) is 22.0. The highest BCUT2D eigenvalue weighted by Crippen LogP contribution is 2.29. The number of nitrogens with zero attached hydrogens (tertiary/aromatic N) is 2. The van der Waals surface area contributed by atoms with Crippen LogP contribution in [0.3, 0.4) is 0 Å². The van der Waals surface area contributed by atoms with Gasteiger partial charge < -0.3 is 15.0 Å². The number of sulfonamides is 1. The fourth-order valence-corrected chi connectivity index (χ4v) is 4.76. The number of carbonyl (C=O) groups is 2. The third-order valence-corrected chi connectivity index (χ3v) is 6.77. The number of para-hydroxylation sites is 2. The number of methoxy groups -OCH3 is 1. The van der Waals surface area contributed by atoms with Crippen LogP contribution in [0.15, 0.2) is 54.6 Å². The van der Waals surface area contributed by atoms with Crippen molar-refractivity contribution in [1.29, 1.82) is 0 Å². The van der Waals surface area contributed by atoms with Crippen molar-refractivity contribution >= 4 is 27.5 Å². The first kappa shape index (κ1) is 28.2. The summed E-state index contributed by atoms with van der Waals surface area (Å²) in [6, 6.07) is 16.0. The number of carbonyl (C=O) groups excluding carboxylic acids is 2. The molecular weight excluding hydrogens is 466 g/mol. The average molecular weight is 504 g/mol. The molecule has 1 N–H and O–H groups in total. The zero-order valence-electron chi connectivity index (χ0n) is 21.2. The van der Waals surface area contributed by atoms with Crippen molar-refractivity contribution in [2.45, 2.75) is 52.1 Å². The summed E-state index contributed by atoms with van der Waals surface area (Å²) in [4.78, 5) is 27.5. The van der Waals surface area contributed by atoms with Gasteiger partial charge in [0.2, 0.25) is 21.8 Å². The van der Waals surface area contributed by atoms with Gasteiger partial charge in [0.15, 0.2) is 0 Å². The number of hydrogen-bond acceptors (Lipinski definition) is 5. The number of benzene rings is 2. The minimum absolute atomic E-state index is 0.0415. The maximum Gasteiger partial charge on any atom is 0.242 e. The summed E-state index contributed by atoms with van der Waals surface area (Å²) >= 11 is 0. The lowest BCUT2D eigenvalue weighted by Gasteiger charge is -2.30. The van der Waals surface area contributed by atoms with Crippen LogP contribution in [0.5, 0.6) is 5.75 Å². The van der Waals surface area contributed by atoms with Gasteiger partial charge in [0.25, 0.3) is 0 Å². The monoisotopic (exact) mass is 503 g/mol.